The van der Waals surface area contributed by atoms with E-state index in [1.54, 1.807) is 0 Å². The Balaban J connectivity index is 2.37. The maximum Gasteiger partial charge on any atom is 0.109 e. The van der Waals surface area contributed by atoms with Gasteiger partial charge in [-0.25, -0.2) is 0 Å². The normalized spacial score (nSPS) is 9.37. The highest BCUT2D eigenvalue weighted by Crippen LogP contribution is 2.10. The van der Waals surface area contributed by atoms with Crippen LogP contribution in [-0.2, 0) is 0 Å². The van der Waals surface area contributed by atoms with E-state index in [2.05, 4.69) is 11.8 Å². The molecule has 2 rings (SSSR count). The Bertz CT molecular complexity index is 633. The summed E-state index contributed by atoms with van der Waals surface area (Å²) >= 11 is 5.42. The highest BCUT2D eigenvalue weighted by atomic mass is 32.1. The fourth-order valence-electron chi connectivity index (χ4n) is 1.68. The molecule has 0 saturated carbocycles. The molecule has 0 saturated heterocycles. The maximum absolute atomic E-state index is 5.42. The Hall–Kier alpha value is -2.11. The van der Waals surface area contributed by atoms with Crippen LogP contribution in [0.25, 0.3) is 0 Å². The summed E-state index contributed by atoms with van der Waals surface area (Å²) in [4.78, 5) is 2.73. The molecule has 0 aliphatic rings. The van der Waals surface area contributed by atoms with Gasteiger partial charge in [0.05, 0.1) is 0 Å². The van der Waals surface area contributed by atoms with Gasteiger partial charge in [0.2, 0.25) is 0 Å². The lowest BCUT2D eigenvalue weighted by molar-refractivity contribution is 0.636. The van der Waals surface area contributed by atoms with Crippen molar-refractivity contribution < 1.29 is 0 Å². The third kappa shape index (κ3) is 3.43. The molecule has 1 nitrogen and oxygen atoms in total. The Labute approximate surface area is 119 Å². The average molecular weight is 265 g/mol. The molecule has 0 aromatic heterocycles. The fourth-order valence-corrected chi connectivity index (χ4v) is 1.86. The monoisotopic (exact) mass is 265 g/mol. The van der Waals surface area contributed by atoms with Gasteiger partial charge in [0.15, 0.2) is 0 Å². The summed E-state index contributed by atoms with van der Waals surface area (Å²) in [6.45, 7) is 0. The van der Waals surface area contributed by atoms with Gasteiger partial charge >= 0.3 is 0 Å². The third-order valence-corrected chi connectivity index (χ3v) is 3.26. The molecule has 2 aromatic rings. The number of benzene rings is 2. The number of hydrogen-bond donors (Lipinski definition) is 0. The molecule has 2 heteroatoms. The summed E-state index contributed by atoms with van der Waals surface area (Å²) in [5.74, 6) is 6.37. The number of hydrogen-bond acceptors (Lipinski definition) is 1. The summed E-state index contributed by atoms with van der Waals surface area (Å²) in [7, 11) is 3.90. The minimum atomic E-state index is 0.804. The number of thiocarbonyl (C=S) groups is 1. The first-order valence-electron chi connectivity index (χ1n) is 6.06. The SMILES string of the molecule is CN(C)C(=S)c1ccccc1C#Cc1ccccc1. The van der Waals surface area contributed by atoms with Gasteiger partial charge in [0.25, 0.3) is 0 Å². The van der Waals surface area contributed by atoms with E-state index >= 15 is 0 Å². The van der Waals surface area contributed by atoms with Crippen molar-refractivity contribution in [2.24, 2.45) is 0 Å². The predicted octanol–water partition coefficient (Wildman–Crippen LogP) is 3.32. The van der Waals surface area contributed by atoms with Crippen molar-refractivity contribution in [2.45, 2.75) is 0 Å². The van der Waals surface area contributed by atoms with Gasteiger partial charge in [-0.3, -0.25) is 0 Å². The first-order valence-corrected chi connectivity index (χ1v) is 6.47. The molecule has 2 aromatic carbocycles. The first kappa shape index (κ1) is 13.3. The van der Waals surface area contributed by atoms with Crippen molar-refractivity contribution in [3.8, 4) is 11.8 Å². The highest BCUT2D eigenvalue weighted by molar-refractivity contribution is 7.80. The molecule has 0 N–H and O–H groups in total. The van der Waals surface area contributed by atoms with E-state index in [1.807, 2.05) is 73.6 Å². The zero-order valence-corrected chi connectivity index (χ0v) is 11.9. The Morgan fingerprint density at radius 2 is 1.53 bits per heavy atom. The summed E-state index contributed by atoms with van der Waals surface area (Å²) in [6.07, 6.45) is 0. The van der Waals surface area contributed by atoms with Gasteiger partial charge in [-0.15, -0.1) is 0 Å². The molecule has 94 valence electrons. The van der Waals surface area contributed by atoms with Crippen LogP contribution in [0.4, 0.5) is 0 Å². The van der Waals surface area contributed by atoms with Gasteiger partial charge in [0, 0.05) is 30.8 Å². The van der Waals surface area contributed by atoms with E-state index < -0.39 is 0 Å². The maximum atomic E-state index is 5.42. The summed E-state index contributed by atoms with van der Waals surface area (Å²) in [5, 5.41) is 0. The minimum absolute atomic E-state index is 0.804. The van der Waals surface area contributed by atoms with E-state index in [0.29, 0.717) is 0 Å². The van der Waals surface area contributed by atoms with Gasteiger partial charge in [-0.05, 0) is 18.2 Å². The molecular formula is C17H15NS. The number of rotatable bonds is 1. The lowest BCUT2D eigenvalue weighted by Gasteiger charge is -2.14. The van der Waals surface area contributed by atoms with Crippen LogP contribution in [0.1, 0.15) is 16.7 Å². The van der Waals surface area contributed by atoms with Crippen LogP contribution in [0.3, 0.4) is 0 Å². The molecule has 0 aliphatic carbocycles. The second kappa shape index (κ2) is 6.17. The molecule has 0 unspecified atom stereocenters. The highest BCUT2D eigenvalue weighted by Gasteiger charge is 2.06. The summed E-state index contributed by atoms with van der Waals surface area (Å²) < 4.78 is 0. The molecule has 0 bridgehead atoms. The van der Waals surface area contributed by atoms with E-state index in [-0.39, 0.29) is 0 Å². The molecule has 0 spiro atoms. The molecular weight excluding hydrogens is 250 g/mol. The molecule has 0 atom stereocenters. The molecule has 0 radical (unpaired) electrons. The van der Waals surface area contributed by atoms with Crippen LogP contribution in [0.15, 0.2) is 54.6 Å². The second-order valence-electron chi connectivity index (χ2n) is 4.36. The van der Waals surface area contributed by atoms with E-state index in [4.69, 9.17) is 12.2 Å². The van der Waals surface area contributed by atoms with Crippen LogP contribution >= 0.6 is 12.2 Å². The van der Waals surface area contributed by atoms with Gasteiger partial charge < -0.3 is 4.90 Å². The summed E-state index contributed by atoms with van der Waals surface area (Å²) in [6, 6.07) is 17.9. The van der Waals surface area contributed by atoms with Crippen molar-refractivity contribution in [2.75, 3.05) is 14.1 Å². The van der Waals surface area contributed by atoms with Crippen molar-refractivity contribution in [3.05, 3.63) is 71.3 Å². The van der Waals surface area contributed by atoms with Gasteiger partial charge in [0.1, 0.15) is 4.99 Å². The molecule has 0 heterocycles. The lowest BCUT2D eigenvalue weighted by Crippen LogP contribution is -2.21. The Morgan fingerprint density at radius 1 is 0.895 bits per heavy atom. The molecule has 0 fully saturated rings. The quantitative estimate of drug-likeness (QED) is 0.575. The van der Waals surface area contributed by atoms with E-state index in [9.17, 15) is 0 Å². The largest absolute Gasteiger partial charge is 0.368 e. The zero-order chi connectivity index (χ0) is 13.7. The van der Waals surface area contributed by atoms with Crippen LogP contribution in [0.5, 0.6) is 0 Å². The Morgan fingerprint density at radius 3 is 2.21 bits per heavy atom. The summed E-state index contributed by atoms with van der Waals surface area (Å²) in [5.41, 5.74) is 2.98. The molecule has 19 heavy (non-hydrogen) atoms. The smallest absolute Gasteiger partial charge is 0.109 e. The molecule has 0 aliphatic heterocycles. The van der Waals surface area contributed by atoms with Crippen LogP contribution in [-0.4, -0.2) is 24.0 Å². The minimum Gasteiger partial charge on any atom is -0.368 e. The van der Waals surface area contributed by atoms with Crippen molar-refractivity contribution in [1.29, 1.82) is 0 Å². The van der Waals surface area contributed by atoms with Crippen molar-refractivity contribution in [3.63, 3.8) is 0 Å². The third-order valence-electron chi connectivity index (χ3n) is 2.68. The Kier molecular flexibility index (Phi) is 4.33. The number of nitrogens with zero attached hydrogens (tertiary/aromatic N) is 1. The predicted molar refractivity (Wildman–Crippen MR) is 84.3 cm³/mol. The molecule has 0 amide bonds. The zero-order valence-electron chi connectivity index (χ0n) is 11.1. The average Bonchev–Trinajstić information content (AvgIpc) is 2.45. The topological polar surface area (TPSA) is 3.24 Å². The van der Waals surface area contributed by atoms with Crippen LogP contribution in [0, 0.1) is 11.8 Å². The lowest BCUT2D eigenvalue weighted by atomic mass is 10.1. The first-order chi connectivity index (χ1) is 9.18. The van der Waals surface area contributed by atoms with E-state index in [1.165, 1.54) is 0 Å². The van der Waals surface area contributed by atoms with Crippen molar-refractivity contribution >= 4 is 17.2 Å². The fraction of sp³-hybridized carbons (Fsp3) is 0.118. The van der Waals surface area contributed by atoms with Gasteiger partial charge in [-0.2, -0.15) is 0 Å². The second-order valence-corrected chi connectivity index (χ2v) is 4.75. The van der Waals surface area contributed by atoms with Gasteiger partial charge in [-0.1, -0.05) is 60.5 Å². The van der Waals surface area contributed by atoms with Crippen LogP contribution in [0.2, 0.25) is 0 Å². The standard InChI is InChI=1S/C17H15NS/c1-18(2)17(19)16-11-7-6-10-15(16)13-12-14-8-4-3-5-9-14/h3-11H,1-2H3. The van der Waals surface area contributed by atoms with E-state index in [0.717, 1.165) is 21.7 Å². The van der Waals surface area contributed by atoms with Crippen LogP contribution < -0.4 is 0 Å². The van der Waals surface area contributed by atoms with Crippen molar-refractivity contribution in [1.82, 2.24) is 4.90 Å².